The summed E-state index contributed by atoms with van der Waals surface area (Å²) in [6, 6.07) is 11.9. The van der Waals surface area contributed by atoms with E-state index in [9.17, 15) is 9.59 Å². The maximum atomic E-state index is 12.9. The molecule has 0 bridgehead atoms. The third-order valence-electron chi connectivity index (χ3n) is 4.97. The molecule has 7 nitrogen and oxygen atoms in total. The fraction of sp³-hybridized carbons (Fsp3) is 0.304. The molecule has 158 valence electrons. The van der Waals surface area contributed by atoms with Crippen molar-refractivity contribution in [3.8, 4) is 11.5 Å². The van der Waals surface area contributed by atoms with Crippen LogP contribution < -0.4 is 14.8 Å². The number of anilines is 1. The predicted molar refractivity (Wildman–Crippen MR) is 116 cm³/mol. The molecule has 7 heteroatoms. The molecule has 1 aliphatic rings. The zero-order valence-corrected chi connectivity index (χ0v) is 17.4. The van der Waals surface area contributed by atoms with E-state index in [2.05, 4.69) is 16.8 Å². The van der Waals surface area contributed by atoms with Crippen LogP contribution in [0.15, 0.2) is 55.1 Å². The summed E-state index contributed by atoms with van der Waals surface area (Å²) in [4.78, 5) is 29.6. The predicted octanol–water partition coefficient (Wildman–Crippen LogP) is 2.90. The van der Waals surface area contributed by atoms with Crippen LogP contribution in [0.1, 0.15) is 20.7 Å². The molecular weight excluding hydrogens is 382 g/mol. The number of methoxy groups -OCH3 is 1. The Morgan fingerprint density at radius 3 is 2.37 bits per heavy atom. The van der Waals surface area contributed by atoms with Gasteiger partial charge in [0.1, 0.15) is 18.1 Å². The second kappa shape index (κ2) is 9.93. The number of amides is 2. The summed E-state index contributed by atoms with van der Waals surface area (Å²) >= 11 is 0. The molecule has 2 amide bonds. The second-order valence-electron chi connectivity index (χ2n) is 7.09. The number of hydrogen-bond donors (Lipinski definition) is 1. The minimum absolute atomic E-state index is 0.0510. The van der Waals surface area contributed by atoms with Crippen LogP contribution in [0, 0.1) is 0 Å². The molecule has 0 unspecified atom stereocenters. The summed E-state index contributed by atoms with van der Waals surface area (Å²) in [5.41, 5.74) is 1.44. The van der Waals surface area contributed by atoms with E-state index in [-0.39, 0.29) is 11.8 Å². The van der Waals surface area contributed by atoms with Gasteiger partial charge < -0.3 is 24.6 Å². The van der Waals surface area contributed by atoms with Crippen molar-refractivity contribution >= 4 is 17.5 Å². The van der Waals surface area contributed by atoms with Gasteiger partial charge in [0.15, 0.2) is 0 Å². The van der Waals surface area contributed by atoms with Gasteiger partial charge in [-0.05, 0) is 49.5 Å². The fourth-order valence-corrected chi connectivity index (χ4v) is 3.18. The van der Waals surface area contributed by atoms with Crippen molar-refractivity contribution in [1.29, 1.82) is 0 Å². The number of carbonyl (C=O) groups excluding carboxylic acids is 2. The average molecular weight is 409 g/mol. The van der Waals surface area contributed by atoms with E-state index in [4.69, 9.17) is 9.47 Å². The normalized spacial score (nSPS) is 14.1. The number of rotatable bonds is 7. The van der Waals surface area contributed by atoms with Gasteiger partial charge in [0.05, 0.1) is 12.8 Å². The van der Waals surface area contributed by atoms with Crippen LogP contribution in [-0.2, 0) is 0 Å². The maximum absolute atomic E-state index is 12.9. The lowest BCUT2D eigenvalue weighted by atomic mass is 10.1. The molecule has 1 aliphatic heterocycles. The smallest absolute Gasteiger partial charge is 0.255 e. The van der Waals surface area contributed by atoms with E-state index in [1.165, 1.54) is 7.11 Å². The van der Waals surface area contributed by atoms with Gasteiger partial charge in [-0.2, -0.15) is 0 Å². The van der Waals surface area contributed by atoms with Gasteiger partial charge in [0.2, 0.25) is 0 Å². The molecule has 30 heavy (non-hydrogen) atoms. The Labute approximate surface area is 176 Å². The van der Waals surface area contributed by atoms with Gasteiger partial charge in [-0.25, -0.2) is 0 Å². The molecule has 0 atom stereocenters. The molecule has 0 aromatic heterocycles. The topological polar surface area (TPSA) is 71.1 Å². The van der Waals surface area contributed by atoms with Crippen LogP contribution in [0.4, 0.5) is 5.69 Å². The summed E-state index contributed by atoms with van der Waals surface area (Å²) in [6.07, 6.45) is 1.66. The van der Waals surface area contributed by atoms with Crippen LogP contribution in [0.2, 0.25) is 0 Å². The van der Waals surface area contributed by atoms with Gasteiger partial charge in [-0.1, -0.05) is 12.7 Å². The van der Waals surface area contributed by atoms with Crippen molar-refractivity contribution in [2.75, 3.05) is 52.3 Å². The molecule has 0 spiro atoms. The molecule has 1 fully saturated rings. The summed E-state index contributed by atoms with van der Waals surface area (Å²) in [6.45, 7) is 7.06. The van der Waals surface area contributed by atoms with E-state index in [0.717, 1.165) is 13.1 Å². The molecule has 0 aliphatic carbocycles. The Kier molecular flexibility index (Phi) is 7.08. The van der Waals surface area contributed by atoms with E-state index < -0.39 is 0 Å². The molecular formula is C23H27N3O4. The molecule has 1 saturated heterocycles. The van der Waals surface area contributed by atoms with Gasteiger partial charge in [-0.3, -0.25) is 9.59 Å². The van der Waals surface area contributed by atoms with Crippen molar-refractivity contribution < 1.29 is 19.1 Å². The zero-order chi connectivity index (χ0) is 21.5. The van der Waals surface area contributed by atoms with Crippen molar-refractivity contribution in [2.24, 2.45) is 0 Å². The molecule has 3 rings (SSSR count). The standard InChI is InChI=1S/C23H27N3O4/c1-4-15-30-19-8-5-17(6-9-19)22(27)24-20-16-18(7-10-21(20)29-3)23(28)26-13-11-25(2)12-14-26/h4-10,16H,1,11-15H2,2-3H3,(H,24,27). The van der Waals surface area contributed by atoms with Crippen LogP contribution in [0.25, 0.3) is 0 Å². The Morgan fingerprint density at radius 2 is 1.73 bits per heavy atom. The number of ether oxygens (including phenoxy) is 2. The van der Waals surface area contributed by atoms with Crippen LogP contribution >= 0.6 is 0 Å². The van der Waals surface area contributed by atoms with E-state index in [1.807, 2.05) is 11.9 Å². The number of nitrogens with zero attached hydrogens (tertiary/aromatic N) is 2. The number of likely N-dealkylation sites (N-methyl/N-ethyl adjacent to an activating group) is 1. The minimum Gasteiger partial charge on any atom is -0.495 e. The van der Waals surface area contributed by atoms with Crippen molar-refractivity contribution in [3.63, 3.8) is 0 Å². The van der Waals surface area contributed by atoms with Crippen molar-refractivity contribution in [3.05, 3.63) is 66.2 Å². The Hall–Kier alpha value is -3.32. The molecule has 1 N–H and O–H groups in total. The lowest BCUT2D eigenvalue weighted by Gasteiger charge is -2.32. The highest BCUT2D eigenvalue weighted by molar-refractivity contribution is 6.06. The lowest BCUT2D eigenvalue weighted by molar-refractivity contribution is 0.0664. The quantitative estimate of drug-likeness (QED) is 0.712. The average Bonchev–Trinajstić information content (AvgIpc) is 2.78. The Morgan fingerprint density at radius 1 is 1.07 bits per heavy atom. The van der Waals surface area contributed by atoms with Gasteiger partial charge in [0, 0.05) is 37.3 Å². The summed E-state index contributed by atoms with van der Waals surface area (Å²) in [5, 5.41) is 2.85. The number of benzene rings is 2. The number of hydrogen-bond acceptors (Lipinski definition) is 5. The largest absolute Gasteiger partial charge is 0.495 e. The van der Waals surface area contributed by atoms with Crippen LogP contribution in [0.3, 0.4) is 0 Å². The number of carbonyl (C=O) groups is 2. The first-order chi connectivity index (χ1) is 14.5. The molecule has 0 saturated carbocycles. The molecule has 2 aromatic carbocycles. The van der Waals surface area contributed by atoms with E-state index in [0.29, 0.717) is 48.0 Å². The van der Waals surface area contributed by atoms with Crippen LogP contribution in [0.5, 0.6) is 11.5 Å². The first-order valence-corrected chi connectivity index (χ1v) is 9.83. The van der Waals surface area contributed by atoms with Gasteiger partial charge >= 0.3 is 0 Å². The monoisotopic (exact) mass is 409 g/mol. The molecule has 1 heterocycles. The third-order valence-corrected chi connectivity index (χ3v) is 4.97. The highest BCUT2D eigenvalue weighted by atomic mass is 16.5. The SMILES string of the molecule is C=CCOc1ccc(C(=O)Nc2cc(C(=O)N3CCN(C)CC3)ccc2OC)cc1. The van der Waals surface area contributed by atoms with Crippen LogP contribution in [-0.4, -0.2) is 68.6 Å². The highest BCUT2D eigenvalue weighted by Gasteiger charge is 2.21. The first-order valence-electron chi connectivity index (χ1n) is 9.83. The number of nitrogens with one attached hydrogen (secondary N) is 1. The Bertz CT molecular complexity index is 903. The van der Waals surface area contributed by atoms with E-state index >= 15 is 0 Å². The highest BCUT2D eigenvalue weighted by Crippen LogP contribution is 2.27. The second-order valence-corrected chi connectivity index (χ2v) is 7.09. The van der Waals surface area contributed by atoms with Gasteiger partial charge in [-0.15, -0.1) is 0 Å². The van der Waals surface area contributed by atoms with E-state index in [1.54, 1.807) is 48.5 Å². The third kappa shape index (κ3) is 5.18. The fourth-order valence-electron chi connectivity index (χ4n) is 3.18. The minimum atomic E-state index is -0.298. The first kappa shape index (κ1) is 21.4. The maximum Gasteiger partial charge on any atom is 0.255 e. The lowest BCUT2D eigenvalue weighted by Crippen LogP contribution is -2.47. The Balaban J connectivity index is 1.74. The summed E-state index contributed by atoms with van der Waals surface area (Å²) in [5.74, 6) is 0.797. The zero-order valence-electron chi connectivity index (χ0n) is 17.4. The molecule has 2 aromatic rings. The summed E-state index contributed by atoms with van der Waals surface area (Å²) in [7, 11) is 3.57. The van der Waals surface area contributed by atoms with Gasteiger partial charge in [0.25, 0.3) is 11.8 Å². The molecule has 0 radical (unpaired) electrons. The number of piperazine rings is 1. The van der Waals surface area contributed by atoms with Crippen molar-refractivity contribution in [1.82, 2.24) is 9.80 Å². The summed E-state index contributed by atoms with van der Waals surface area (Å²) < 4.78 is 10.8. The van der Waals surface area contributed by atoms with Crippen molar-refractivity contribution in [2.45, 2.75) is 0 Å².